The van der Waals surface area contributed by atoms with Gasteiger partial charge in [-0.15, -0.1) is 11.3 Å². The molecular weight excluding hydrogens is 362 g/mol. The van der Waals surface area contributed by atoms with Gasteiger partial charge < -0.3 is 10.1 Å². The van der Waals surface area contributed by atoms with E-state index < -0.39 is 5.97 Å². The number of rotatable bonds is 7. The van der Waals surface area contributed by atoms with E-state index in [0.717, 1.165) is 16.3 Å². The normalized spacial score (nSPS) is 10.4. The number of aromatic nitrogens is 2. The maximum absolute atomic E-state index is 12.3. The van der Waals surface area contributed by atoms with Gasteiger partial charge in [0.05, 0.1) is 23.6 Å². The summed E-state index contributed by atoms with van der Waals surface area (Å²) in [5.74, 6) is -0.625. The van der Waals surface area contributed by atoms with E-state index in [4.69, 9.17) is 4.74 Å². The van der Waals surface area contributed by atoms with Crippen LogP contribution >= 0.6 is 11.3 Å². The van der Waals surface area contributed by atoms with E-state index in [1.165, 1.54) is 11.3 Å². The number of aryl methyl sites for hydroxylation is 1. The van der Waals surface area contributed by atoms with Crippen LogP contribution in [-0.4, -0.2) is 28.5 Å². The van der Waals surface area contributed by atoms with Crippen LogP contribution in [0.1, 0.15) is 29.4 Å². The summed E-state index contributed by atoms with van der Waals surface area (Å²) in [4.78, 5) is 32.8. The molecule has 0 saturated heterocycles. The third kappa shape index (κ3) is 4.98. The van der Waals surface area contributed by atoms with Crippen LogP contribution in [0, 0.1) is 0 Å². The molecule has 0 unspecified atom stereocenters. The maximum Gasteiger partial charge on any atom is 0.340 e. The minimum Gasteiger partial charge on any atom is -0.462 e. The molecule has 0 aliphatic rings. The molecule has 6 nitrogen and oxygen atoms in total. The second-order valence-corrected chi connectivity index (χ2v) is 6.55. The van der Waals surface area contributed by atoms with E-state index in [1.807, 2.05) is 17.5 Å². The number of carbonyl (C=O) groups is 2. The van der Waals surface area contributed by atoms with Gasteiger partial charge in [-0.2, -0.15) is 0 Å². The molecule has 7 heteroatoms. The first kappa shape index (κ1) is 18.7. The summed E-state index contributed by atoms with van der Waals surface area (Å²) in [6.45, 7) is 2.03. The summed E-state index contributed by atoms with van der Waals surface area (Å²) in [7, 11) is 0. The molecule has 2 heterocycles. The van der Waals surface area contributed by atoms with E-state index in [0.29, 0.717) is 17.7 Å². The van der Waals surface area contributed by atoms with Gasteiger partial charge in [0, 0.05) is 29.8 Å². The van der Waals surface area contributed by atoms with Gasteiger partial charge in [0.2, 0.25) is 5.91 Å². The van der Waals surface area contributed by atoms with Gasteiger partial charge in [-0.1, -0.05) is 12.1 Å². The molecule has 3 aromatic rings. The Bertz CT molecular complexity index is 925. The number of carbonyl (C=O) groups excluding carboxylic acids is 2. The smallest absolute Gasteiger partial charge is 0.340 e. The summed E-state index contributed by atoms with van der Waals surface area (Å²) in [6, 6.07) is 10.6. The molecule has 0 spiro atoms. The topological polar surface area (TPSA) is 81.2 Å². The lowest BCUT2D eigenvalue weighted by molar-refractivity contribution is -0.116. The zero-order valence-electron chi connectivity index (χ0n) is 14.8. The van der Waals surface area contributed by atoms with Gasteiger partial charge in [-0.3, -0.25) is 9.78 Å². The quantitative estimate of drug-likeness (QED) is 0.627. The molecule has 0 aliphatic carbocycles. The predicted octanol–water partition coefficient (Wildman–Crippen LogP) is 3.95. The number of thiazole rings is 1. The maximum atomic E-state index is 12.3. The van der Waals surface area contributed by atoms with Crippen molar-refractivity contribution in [3.05, 3.63) is 65.4 Å². The van der Waals surface area contributed by atoms with Gasteiger partial charge in [-0.25, -0.2) is 9.78 Å². The van der Waals surface area contributed by atoms with Crippen molar-refractivity contribution in [3.8, 4) is 10.6 Å². The molecule has 0 aliphatic heterocycles. The molecule has 1 N–H and O–H groups in total. The van der Waals surface area contributed by atoms with Crippen LogP contribution in [0.3, 0.4) is 0 Å². The lowest BCUT2D eigenvalue weighted by atomic mass is 10.1. The minimum absolute atomic E-state index is 0.176. The van der Waals surface area contributed by atoms with Crippen molar-refractivity contribution < 1.29 is 14.3 Å². The summed E-state index contributed by atoms with van der Waals surface area (Å²) >= 11 is 1.54. The zero-order chi connectivity index (χ0) is 19.1. The number of benzene rings is 1. The van der Waals surface area contributed by atoms with Crippen molar-refractivity contribution in [2.24, 2.45) is 0 Å². The van der Waals surface area contributed by atoms with Gasteiger partial charge >= 0.3 is 5.97 Å². The molecule has 0 bridgehead atoms. The Morgan fingerprint density at radius 1 is 1.15 bits per heavy atom. The molecule has 27 heavy (non-hydrogen) atoms. The van der Waals surface area contributed by atoms with Gasteiger partial charge in [0.1, 0.15) is 5.01 Å². The summed E-state index contributed by atoms with van der Waals surface area (Å²) in [5, 5.41) is 5.64. The fourth-order valence-electron chi connectivity index (χ4n) is 2.48. The van der Waals surface area contributed by atoms with Crippen molar-refractivity contribution in [1.82, 2.24) is 9.97 Å². The highest BCUT2D eigenvalue weighted by atomic mass is 32.1. The van der Waals surface area contributed by atoms with Crippen LogP contribution < -0.4 is 5.32 Å². The Balaban J connectivity index is 1.60. The standard InChI is InChI=1S/C20H19N3O3S/c1-2-26-20(25)16-5-3-4-6-17(16)23-18(24)8-7-15-13-27-19(22-15)14-9-11-21-12-10-14/h3-6,9-13H,2,7-8H2,1H3,(H,23,24). The fraction of sp³-hybridized carbons (Fsp3) is 0.200. The third-order valence-corrected chi connectivity index (χ3v) is 4.72. The largest absolute Gasteiger partial charge is 0.462 e. The number of amides is 1. The van der Waals surface area contributed by atoms with E-state index in [-0.39, 0.29) is 18.9 Å². The molecular formula is C20H19N3O3S. The van der Waals surface area contributed by atoms with Crippen LogP contribution in [0.2, 0.25) is 0 Å². The molecule has 2 aromatic heterocycles. The summed E-state index contributed by atoms with van der Waals surface area (Å²) < 4.78 is 5.02. The fourth-order valence-corrected chi connectivity index (χ4v) is 3.34. The van der Waals surface area contributed by atoms with Crippen molar-refractivity contribution in [2.45, 2.75) is 19.8 Å². The lowest BCUT2D eigenvalue weighted by Gasteiger charge is -2.10. The SMILES string of the molecule is CCOC(=O)c1ccccc1NC(=O)CCc1csc(-c2ccncc2)n1. The van der Waals surface area contributed by atoms with Crippen LogP contribution in [0.25, 0.3) is 10.6 Å². The second-order valence-electron chi connectivity index (χ2n) is 5.69. The molecule has 0 radical (unpaired) electrons. The highest BCUT2D eigenvalue weighted by molar-refractivity contribution is 7.13. The zero-order valence-corrected chi connectivity index (χ0v) is 15.7. The number of hydrogen-bond acceptors (Lipinski definition) is 6. The van der Waals surface area contributed by atoms with Gasteiger partial charge in [0.15, 0.2) is 0 Å². The van der Waals surface area contributed by atoms with Crippen molar-refractivity contribution in [2.75, 3.05) is 11.9 Å². The number of nitrogens with one attached hydrogen (secondary N) is 1. The van der Waals surface area contributed by atoms with Crippen molar-refractivity contribution >= 4 is 28.9 Å². The molecule has 0 fully saturated rings. The first-order chi connectivity index (χ1) is 13.2. The number of para-hydroxylation sites is 1. The third-order valence-electron chi connectivity index (χ3n) is 3.78. The second kappa shape index (κ2) is 9.05. The van der Waals surface area contributed by atoms with Crippen molar-refractivity contribution in [3.63, 3.8) is 0 Å². The number of pyridine rings is 1. The summed E-state index contributed by atoms with van der Waals surface area (Å²) in [6.07, 6.45) is 4.25. The van der Waals surface area contributed by atoms with Crippen LogP contribution in [-0.2, 0) is 16.0 Å². The highest BCUT2D eigenvalue weighted by Crippen LogP contribution is 2.23. The molecule has 0 saturated carbocycles. The minimum atomic E-state index is -0.449. The van der Waals surface area contributed by atoms with E-state index in [1.54, 1.807) is 43.6 Å². The first-order valence-corrected chi connectivity index (χ1v) is 9.46. The predicted molar refractivity (Wildman–Crippen MR) is 105 cm³/mol. The number of hydrogen-bond donors (Lipinski definition) is 1. The molecule has 138 valence electrons. The first-order valence-electron chi connectivity index (χ1n) is 8.58. The summed E-state index contributed by atoms with van der Waals surface area (Å²) in [5.41, 5.74) is 2.67. The molecule has 0 atom stereocenters. The average Bonchev–Trinajstić information content (AvgIpc) is 3.17. The van der Waals surface area contributed by atoms with E-state index in [9.17, 15) is 9.59 Å². The van der Waals surface area contributed by atoms with Gasteiger partial charge in [0.25, 0.3) is 0 Å². The Kier molecular flexibility index (Phi) is 6.27. The van der Waals surface area contributed by atoms with Crippen LogP contribution in [0.4, 0.5) is 5.69 Å². The van der Waals surface area contributed by atoms with E-state index >= 15 is 0 Å². The number of esters is 1. The number of nitrogens with zero attached hydrogens (tertiary/aromatic N) is 2. The van der Waals surface area contributed by atoms with Crippen molar-refractivity contribution in [1.29, 1.82) is 0 Å². The van der Waals surface area contributed by atoms with Crippen LogP contribution in [0.5, 0.6) is 0 Å². The van der Waals surface area contributed by atoms with Crippen LogP contribution in [0.15, 0.2) is 54.2 Å². The molecule has 3 rings (SSSR count). The Labute approximate surface area is 161 Å². The van der Waals surface area contributed by atoms with E-state index in [2.05, 4.69) is 15.3 Å². The number of ether oxygens (including phenoxy) is 1. The Morgan fingerprint density at radius 2 is 1.93 bits per heavy atom. The Morgan fingerprint density at radius 3 is 2.70 bits per heavy atom. The Hall–Kier alpha value is -3.06. The molecule has 1 amide bonds. The number of anilines is 1. The van der Waals surface area contributed by atoms with Gasteiger partial charge in [-0.05, 0) is 37.6 Å². The average molecular weight is 381 g/mol. The highest BCUT2D eigenvalue weighted by Gasteiger charge is 2.14. The lowest BCUT2D eigenvalue weighted by Crippen LogP contribution is -2.16. The molecule has 1 aromatic carbocycles. The monoisotopic (exact) mass is 381 g/mol.